The van der Waals surface area contributed by atoms with Crippen molar-refractivity contribution in [3.63, 3.8) is 0 Å². The summed E-state index contributed by atoms with van der Waals surface area (Å²) < 4.78 is 11.6. The monoisotopic (exact) mass is 487 g/mol. The number of hydrogen-bond acceptors (Lipinski definition) is 6. The maximum absolute atomic E-state index is 12.6. The Kier molecular flexibility index (Phi) is 6.96. The highest BCUT2D eigenvalue weighted by Crippen LogP contribution is 2.31. The van der Waals surface area contributed by atoms with E-state index in [1.165, 1.54) is 11.3 Å². The molecule has 5 rings (SSSR count). The molecule has 1 unspecified atom stereocenters. The van der Waals surface area contributed by atoms with E-state index < -0.39 is 0 Å². The number of nitrogens with one attached hydrogen (secondary N) is 1. The molecule has 0 bridgehead atoms. The average molecular weight is 488 g/mol. The van der Waals surface area contributed by atoms with Gasteiger partial charge in [-0.1, -0.05) is 36.3 Å². The number of likely N-dealkylation sites (tertiary alicyclic amines) is 1. The molecule has 7 nitrogen and oxygen atoms in total. The first-order chi connectivity index (χ1) is 17.2. The molecule has 2 aliphatic heterocycles. The van der Waals surface area contributed by atoms with Crippen LogP contribution in [0.4, 0.5) is 0 Å². The molecule has 1 N–H and O–H groups in total. The molecule has 2 aromatic carbocycles. The highest BCUT2D eigenvalue weighted by atomic mass is 32.1. The number of ether oxygens (including phenoxy) is 2. The van der Waals surface area contributed by atoms with Crippen molar-refractivity contribution >= 4 is 23.2 Å². The lowest BCUT2D eigenvalue weighted by Crippen LogP contribution is -2.40. The molecule has 0 spiro atoms. The van der Waals surface area contributed by atoms with E-state index in [9.17, 15) is 9.59 Å². The maximum Gasteiger partial charge on any atom is 0.298 e. The quantitative estimate of drug-likeness (QED) is 0.570. The van der Waals surface area contributed by atoms with Gasteiger partial charge < -0.3 is 19.7 Å². The SMILES string of the molecule is O=C(NCC1COc2ccccc2O1)c1csc(C2CCN(C(=O)C#Cc3ccccc3)CC2)n1. The minimum Gasteiger partial charge on any atom is -0.486 e. The normalized spacial score (nSPS) is 17.3. The minimum atomic E-state index is -0.251. The number of thiazole rings is 1. The molecule has 1 fully saturated rings. The van der Waals surface area contributed by atoms with Crippen LogP contribution in [0.3, 0.4) is 0 Å². The Hall–Kier alpha value is -3.83. The zero-order chi connectivity index (χ0) is 24.0. The molecular formula is C27H25N3O4S. The van der Waals surface area contributed by atoms with Crippen LogP contribution in [0.25, 0.3) is 0 Å². The number of para-hydroxylation sites is 2. The van der Waals surface area contributed by atoms with E-state index in [-0.39, 0.29) is 23.8 Å². The number of benzene rings is 2. The Morgan fingerprint density at radius 1 is 1.06 bits per heavy atom. The van der Waals surface area contributed by atoms with Crippen molar-refractivity contribution in [3.05, 3.63) is 76.2 Å². The number of amides is 2. The second-order valence-electron chi connectivity index (χ2n) is 8.46. The zero-order valence-electron chi connectivity index (χ0n) is 19.1. The van der Waals surface area contributed by atoms with Gasteiger partial charge in [0.2, 0.25) is 0 Å². The molecule has 3 heterocycles. The van der Waals surface area contributed by atoms with Crippen LogP contribution in [0.2, 0.25) is 0 Å². The van der Waals surface area contributed by atoms with Crippen LogP contribution in [-0.2, 0) is 4.79 Å². The van der Waals surface area contributed by atoms with Crippen LogP contribution in [0.5, 0.6) is 11.5 Å². The van der Waals surface area contributed by atoms with Gasteiger partial charge in [0.05, 0.1) is 11.6 Å². The lowest BCUT2D eigenvalue weighted by molar-refractivity contribution is -0.126. The third-order valence-corrected chi connectivity index (χ3v) is 7.04. The van der Waals surface area contributed by atoms with Crippen molar-refractivity contribution in [2.45, 2.75) is 24.9 Å². The molecule has 35 heavy (non-hydrogen) atoms. The highest BCUT2D eigenvalue weighted by Gasteiger charge is 2.26. The van der Waals surface area contributed by atoms with E-state index in [2.05, 4.69) is 22.1 Å². The van der Waals surface area contributed by atoms with Gasteiger partial charge in [0.1, 0.15) is 18.4 Å². The first-order valence-electron chi connectivity index (χ1n) is 11.6. The van der Waals surface area contributed by atoms with E-state index >= 15 is 0 Å². The molecule has 0 saturated carbocycles. The lowest BCUT2D eigenvalue weighted by Gasteiger charge is -2.29. The van der Waals surface area contributed by atoms with Crippen molar-refractivity contribution in [3.8, 4) is 23.3 Å². The molecule has 1 saturated heterocycles. The number of piperidine rings is 1. The smallest absolute Gasteiger partial charge is 0.298 e. The summed E-state index contributed by atoms with van der Waals surface area (Å²) >= 11 is 1.49. The van der Waals surface area contributed by atoms with Crippen LogP contribution in [0.1, 0.15) is 39.8 Å². The number of carbonyl (C=O) groups is 2. The summed E-state index contributed by atoms with van der Waals surface area (Å²) in [6, 6.07) is 17.0. The van der Waals surface area contributed by atoms with Gasteiger partial charge in [0, 0.05) is 35.9 Å². The summed E-state index contributed by atoms with van der Waals surface area (Å²) in [5.74, 6) is 6.93. The number of nitrogens with zero attached hydrogens (tertiary/aromatic N) is 2. The molecular weight excluding hydrogens is 462 g/mol. The highest BCUT2D eigenvalue weighted by molar-refractivity contribution is 7.09. The van der Waals surface area contributed by atoms with Gasteiger partial charge in [-0.2, -0.15) is 0 Å². The van der Waals surface area contributed by atoms with Crippen LogP contribution in [-0.4, -0.2) is 54.0 Å². The number of hydrogen-bond donors (Lipinski definition) is 1. The van der Waals surface area contributed by atoms with Gasteiger partial charge in [-0.3, -0.25) is 9.59 Å². The van der Waals surface area contributed by atoms with Crippen molar-refractivity contribution in [1.29, 1.82) is 0 Å². The summed E-state index contributed by atoms with van der Waals surface area (Å²) in [6.45, 7) is 1.99. The fourth-order valence-electron chi connectivity index (χ4n) is 4.10. The Morgan fingerprint density at radius 2 is 1.80 bits per heavy atom. The van der Waals surface area contributed by atoms with Crippen LogP contribution < -0.4 is 14.8 Å². The van der Waals surface area contributed by atoms with E-state index in [0.717, 1.165) is 29.2 Å². The maximum atomic E-state index is 12.6. The Balaban J connectivity index is 1.10. The van der Waals surface area contributed by atoms with E-state index in [1.807, 2.05) is 54.6 Å². The molecule has 178 valence electrons. The Labute approximate surface area is 208 Å². The average Bonchev–Trinajstić information content (AvgIpc) is 3.41. The van der Waals surface area contributed by atoms with Crippen molar-refractivity contribution in [1.82, 2.24) is 15.2 Å². The van der Waals surface area contributed by atoms with Gasteiger partial charge >= 0.3 is 0 Å². The first-order valence-corrected chi connectivity index (χ1v) is 12.5. The molecule has 1 atom stereocenters. The van der Waals surface area contributed by atoms with Gasteiger partial charge in [0.15, 0.2) is 11.5 Å². The summed E-state index contributed by atoms with van der Waals surface area (Å²) in [5, 5.41) is 5.62. The fourth-order valence-corrected chi connectivity index (χ4v) is 5.07. The molecule has 0 aliphatic carbocycles. The van der Waals surface area contributed by atoms with Crippen LogP contribution in [0.15, 0.2) is 60.0 Å². The lowest BCUT2D eigenvalue weighted by atomic mass is 9.97. The Morgan fingerprint density at radius 3 is 2.60 bits per heavy atom. The first kappa shape index (κ1) is 22.9. The second kappa shape index (κ2) is 10.6. The van der Waals surface area contributed by atoms with Gasteiger partial charge in [-0.25, -0.2) is 4.98 Å². The minimum absolute atomic E-state index is 0.150. The Bertz CT molecular complexity index is 1260. The van der Waals surface area contributed by atoms with Crippen molar-refractivity contribution < 1.29 is 19.1 Å². The number of carbonyl (C=O) groups excluding carboxylic acids is 2. The summed E-state index contributed by atoms with van der Waals surface area (Å²) in [5.41, 5.74) is 1.24. The van der Waals surface area contributed by atoms with Gasteiger partial charge in [-0.15, -0.1) is 11.3 Å². The number of rotatable bonds is 4. The van der Waals surface area contributed by atoms with Crippen molar-refractivity contribution in [2.24, 2.45) is 0 Å². The summed E-state index contributed by atoms with van der Waals surface area (Å²) in [7, 11) is 0. The third-order valence-electron chi connectivity index (χ3n) is 6.03. The van der Waals surface area contributed by atoms with Crippen LogP contribution in [0, 0.1) is 11.8 Å². The number of fused-ring (bicyclic) bond motifs is 1. The molecule has 3 aromatic rings. The number of aromatic nitrogens is 1. The summed E-state index contributed by atoms with van der Waals surface area (Å²) in [4.78, 5) is 31.4. The van der Waals surface area contributed by atoms with E-state index in [4.69, 9.17) is 9.47 Å². The van der Waals surface area contributed by atoms with Crippen LogP contribution >= 0.6 is 11.3 Å². The zero-order valence-corrected chi connectivity index (χ0v) is 19.9. The topological polar surface area (TPSA) is 80.8 Å². The summed E-state index contributed by atoms with van der Waals surface area (Å²) in [6.07, 6.45) is 1.36. The molecule has 8 heteroatoms. The van der Waals surface area contributed by atoms with Gasteiger partial charge in [-0.05, 0) is 37.1 Å². The predicted molar refractivity (Wildman–Crippen MR) is 133 cm³/mol. The molecule has 1 aromatic heterocycles. The fraction of sp³-hybridized carbons (Fsp3) is 0.296. The van der Waals surface area contributed by atoms with Gasteiger partial charge in [0.25, 0.3) is 11.8 Å². The second-order valence-corrected chi connectivity index (χ2v) is 9.35. The van der Waals surface area contributed by atoms with Crippen molar-refractivity contribution in [2.75, 3.05) is 26.2 Å². The van der Waals surface area contributed by atoms with E-state index in [1.54, 1.807) is 10.3 Å². The molecule has 2 aliphatic rings. The molecule has 2 amide bonds. The largest absolute Gasteiger partial charge is 0.486 e. The molecule has 0 radical (unpaired) electrons. The standard InChI is InChI=1S/C27H25N3O4S/c31-25(11-10-19-6-2-1-3-7-19)30-14-12-20(13-15-30)27-29-22(18-35-27)26(32)28-16-21-17-33-23-8-4-5-9-24(23)34-21/h1-9,18,20-21H,12-17H2,(H,28,32). The third kappa shape index (κ3) is 5.64. The predicted octanol–water partition coefficient (Wildman–Crippen LogP) is 3.47. The van der Waals surface area contributed by atoms with E-state index in [0.29, 0.717) is 37.7 Å².